The molecule has 0 aliphatic heterocycles. The summed E-state index contributed by atoms with van der Waals surface area (Å²) in [7, 11) is 3.10. The maximum Gasteiger partial charge on any atom is 0.127 e. The number of hydrogen-bond donors (Lipinski definition) is 0. The summed E-state index contributed by atoms with van der Waals surface area (Å²) in [5, 5.41) is 0. The number of allylic oxidation sites excluding steroid dienone is 3. The second-order valence-electron chi connectivity index (χ2n) is 3.78. The molecule has 0 aromatic heterocycles. The first-order chi connectivity index (χ1) is 7.47. The molecule has 1 atom stereocenters. The van der Waals surface area contributed by atoms with E-state index in [9.17, 15) is 4.79 Å². The molecular weight excluding hydrogens is 192 g/mol. The van der Waals surface area contributed by atoms with Crippen molar-refractivity contribution in [2.45, 2.75) is 20.3 Å². The Morgan fingerprint density at radius 1 is 1.53 bits per heavy atom. The van der Waals surface area contributed by atoms with Gasteiger partial charge in [0, 0.05) is 19.3 Å². The van der Waals surface area contributed by atoms with Gasteiger partial charge in [0.25, 0.3) is 0 Å². The third-order valence-electron chi connectivity index (χ3n) is 2.44. The van der Waals surface area contributed by atoms with Crippen molar-refractivity contribution in [3.63, 3.8) is 0 Å². The molecule has 3 heteroatoms. The molecule has 0 heterocycles. The van der Waals surface area contributed by atoms with Gasteiger partial charge in [-0.2, -0.15) is 0 Å². The van der Waals surface area contributed by atoms with E-state index in [1.807, 2.05) is 13.8 Å². The van der Waals surface area contributed by atoms with Gasteiger partial charge < -0.3 is 14.3 Å². The molecule has 0 aromatic carbocycles. The molecule has 0 saturated heterocycles. The van der Waals surface area contributed by atoms with Crippen LogP contribution in [0.25, 0.3) is 0 Å². The summed E-state index contributed by atoms with van der Waals surface area (Å²) < 4.78 is 18.4. The lowest BCUT2D eigenvalue weighted by molar-refractivity contribution is -0.110. The van der Waals surface area contributed by atoms with Crippen LogP contribution in [0.3, 0.4) is 0 Å². The Hall–Kier alpha value is -1.25. The van der Waals surface area contributed by atoms with Crippen LogP contribution >= 0.6 is 0 Å². The number of hydrogen-bond acceptors (Lipinski definition) is 3. The van der Waals surface area contributed by atoms with Crippen LogP contribution in [0.2, 0.25) is 0 Å². The van der Waals surface area contributed by atoms with Gasteiger partial charge in [0.15, 0.2) is 0 Å². The summed E-state index contributed by atoms with van der Waals surface area (Å²) in [4.78, 5) is 10.9. The van der Waals surface area contributed by atoms with E-state index < -0.39 is 5.89 Å². The Morgan fingerprint density at radius 3 is 2.60 bits per heavy atom. The first kappa shape index (κ1) is 10.3. The van der Waals surface area contributed by atoms with Crippen LogP contribution in [-0.4, -0.2) is 20.5 Å². The number of carbonyl (C=O) groups is 1. The van der Waals surface area contributed by atoms with E-state index in [-0.39, 0.29) is 12.3 Å². The molecule has 0 saturated carbocycles. The van der Waals surface area contributed by atoms with E-state index in [1.54, 1.807) is 13.2 Å². The molecule has 1 aliphatic rings. The molecule has 0 bridgehead atoms. The summed E-state index contributed by atoms with van der Waals surface area (Å²) >= 11 is 0. The number of rotatable bonds is 4. The number of aldehydes is 1. The standard InChI is InChI=1S/C12H18O3/c1-8(2)12-10(14-3)5-9(7-13)6-11(12)15-4/h5,7-9H,6H2,1-4H3/i9D. The van der Waals surface area contributed by atoms with Crippen molar-refractivity contribution in [1.29, 1.82) is 0 Å². The third kappa shape index (κ3) is 2.41. The van der Waals surface area contributed by atoms with E-state index in [4.69, 9.17) is 10.8 Å². The van der Waals surface area contributed by atoms with Crippen molar-refractivity contribution in [1.82, 2.24) is 0 Å². The summed E-state index contributed by atoms with van der Waals surface area (Å²) in [6.07, 6.45) is 2.44. The molecule has 1 rings (SSSR count). The lowest BCUT2D eigenvalue weighted by Crippen LogP contribution is -2.16. The van der Waals surface area contributed by atoms with Gasteiger partial charge in [-0.25, -0.2) is 0 Å². The molecule has 1 aliphatic carbocycles. The van der Waals surface area contributed by atoms with Gasteiger partial charge in [0.2, 0.25) is 0 Å². The third-order valence-corrected chi connectivity index (χ3v) is 2.44. The normalized spacial score (nSPS) is 27.3. The van der Waals surface area contributed by atoms with Gasteiger partial charge in [-0.05, 0) is 12.0 Å². The van der Waals surface area contributed by atoms with Gasteiger partial charge in [-0.1, -0.05) is 13.8 Å². The Kier molecular flexibility index (Phi) is 3.43. The smallest absolute Gasteiger partial charge is 0.127 e. The molecular formula is C12H18O3. The minimum atomic E-state index is -1.27. The van der Waals surface area contributed by atoms with E-state index >= 15 is 0 Å². The second-order valence-corrected chi connectivity index (χ2v) is 3.78. The molecule has 0 amide bonds. The van der Waals surface area contributed by atoms with Crippen LogP contribution in [0.1, 0.15) is 21.6 Å². The van der Waals surface area contributed by atoms with Crippen molar-refractivity contribution in [3.05, 3.63) is 23.2 Å². The van der Waals surface area contributed by atoms with Gasteiger partial charge >= 0.3 is 0 Å². The molecule has 0 fully saturated rings. The lowest BCUT2D eigenvalue weighted by Gasteiger charge is -2.25. The summed E-state index contributed by atoms with van der Waals surface area (Å²) in [5.41, 5.74) is 0.940. The highest BCUT2D eigenvalue weighted by molar-refractivity contribution is 5.59. The number of methoxy groups -OCH3 is 2. The van der Waals surface area contributed by atoms with E-state index in [0.717, 1.165) is 5.57 Å². The molecule has 3 nitrogen and oxygen atoms in total. The molecule has 0 spiro atoms. The van der Waals surface area contributed by atoms with Gasteiger partial charge in [0.1, 0.15) is 17.8 Å². The zero-order chi connectivity index (χ0) is 12.3. The Labute approximate surface area is 92.2 Å². The fourth-order valence-corrected chi connectivity index (χ4v) is 1.75. The van der Waals surface area contributed by atoms with Crippen molar-refractivity contribution in [3.8, 4) is 0 Å². The Bertz CT molecular complexity index is 344. The van der Waals surface area contributed by atoms with Crippen LogP contribution in [0, 0.1) is 11.8 Å². The van der Waals surface area contributed by atoms with E-state index in [0.29, 0.717) is 17.8 Å². The quantitative estimate of drug-likeness (QED) is 0.669. The topological polar surface area (TPSA) is 35.5 Å². The highest BCUT2D eigenvalue weighted by Crippen LogP contribution is 2.33. The second kappa shape index (κ2) is 5.01. The first-order valence-corrected chi connectivity index (χ1v) is 4.98. The first-order valence-electron chi connectivity index (χ1n) is 5.48. The minimum Gasteiger partial charge on any atom is -0.501 e. The molecule has 84 valence electrons. The summed E-state index contributed by atoms with van der Waals surface area (Å²) in [6, 6.07) is 0. The highest BCUT2D eigenvalue weighted by Gasteiger charge is 2.25. The predicted molar refractivity (Wildman–Crippen MR) is 58.1 cm³/mol. The Balaban J connectivity index is 3.23. The summed E-state index contributed by atoms with van der Waals surface area (Å²) in [5.74, 6) is 0.198. The minimum absolute atomic E-state index is 0.234. The maximum atomic E-state index is 10.9. The van der Waals surface area contributed by atoms with Crippen molar-refractivity contribution in [2.24, 2.45) is 11.8 Å². The zero-order valence-electron chi connectivity index (χ0n) is 10.7. The van der Waals surface area contributed by atoms with Gasteiger partial charge in [-0.15, -0.1) is 0 Å². The average Bonchev–Trinajstić information content (AvgIpc) is 2.27. The summed E-state index contributed by atoms with van der Waals surface area (Å²) in [6.45, 7) is 4.05. The lowest BCUT2D eigenvalue weighted by atomic mass is 9.89. The van der Waals surface area contributed by atoms with Crippen molar-refractivity contribution < 1.29 is 15.6 Å². The average molecular weight is 211 g/mol. The van der Waals surface area contributed by atoms with E-state index in [1.165, 1.54) is 7.11 Å². The predicted octanol–water partition coefficient (Wildman–Crippen LogP) is 2.29. The molecule has 0 radical (unpaired) electrons. The molecule has 0 aromatic rings. The molecule has 15 heavy (non-hydrogen) atoms. The monoisotopic (exact) mass is 211 g/mol. The number of carbonyl (C=O) groups excluding carboxylic acids is 1. The van der Waals surface area contributed by atoms with Gasteiger partial charge in [-0.3, -0.25) is 0 Å². The van der Waals surface area contributed by atoms with Crippen LogP contribution in [0.15, 0.2) is 23.2 Å². The zero-order valence-corrected chi connectivity index (χ0v) is 9.66. The SMILES string of the molecule is [2H]C1(C=O)C=C(OC)C(C(C)C)=C(OC)C1. The van der Waals surface area contributed by atoms with Crippen molar-refractivity contribution >= 4 is 6.29 Å². The fourth-order valence-electron chi connectivity index (χ4n) is 1.75. The van der Waals surface area contributed by atoms with Gasteiger partial charge in [0.05, 0.1) is 14.2 Å². The van der Waals surface area contributed by atoms with Crippen LogP contribution in [0.4, 0.5) is 0 Å². The maximum absolute atomic E-state index is 10.9. The van der Waals surface area contributed by atoms with Crippen LogP contribution in [-0.2, 0) is 14.3 Å². The largest absolute Gasteiger partial charge is 0.501 e. The van der Waals surface area contributed by atoms with Crippen molar-refractivity contribution in [2.75, 3.05) is 14.2 Å². The van der Waals surface area contributed by atoms with Crippen LogP contribution < -0.4 is 0 Å². The van der Waals surface area contributed by atoms with E-state index in [2.05, 4.69) is 0 Å². The Morgan fingerprint density at radius 2 is 2.20 bits per heavy atom. The molecule has 0 N–H and O–H groups in total. The fraction of sp³-hybridized carbons (Fsp3) is 0.583. The molecule has 1 unspecified atom stereocenters. The number of ether oxygens (including phenoxy) is 2. The highest BCUT2D eigenvalue weighted by atomic mass is 16.5. The van der Waals surface area contributed by atoms with Crippen LogP contribution in [0.5, 0.6) is 0 Å².